The second-order valence-electron chi connectivity index (χ2n) is 6.00. The number of halogens is 10. The zero-order chi connectivity index (χ0) is 19.8. The molecule has 2 nitrogen and oxygen atoms in total. The minimum absolute atomic E-state index is 1.12. The summed E-state index contributed by atoms with van der Waals surface area (Å²) in [5.41, 5.74) is 0. The van der Waals surface area contributed by atoms with Crippen LogP contribution >= 0.6 is 0 Å². The molecule has 0 aromatic heterocycles. The quantitative estimate of drug-likeness (QED) is 0.436. The second kappa shape index (κ2) is 6.76. The van der Waals surface area contributed by atoms with Gasteiger partial charge in [-0.1, -0.05) is 0 Å². The van der Waals surface area contributed by atoms with Gasteiger partial charge in [0.2, 0.25) is 15.7 Å². The van der Waals surface area contributed by atoms with E-state index in [0.717, 1.165) is 26.2 Å². The van der Waals surface area contributed by atoms with Crippen LogP contribution < -0.4 is 0 Å². The summed E-state index contributed by atoms with van der Waals surface area (Å²) in [7, 11) is -7.08. The normalized spacial score (nSPS) is 15.8. The highest BCUT2D eigenvalue weighted by molar-refractivity contribution is 7.35. The van der Waals surface area contributed by atoms with E-state index in [0.29, 0.717) is 0 Å². The molecule has 0 radical (unpaired) electrons. The molecular weight excluding hydrogens is 398 g/mol. The molecule has 0 aliphatic carbocycles. The molecule has 0 spiro atoms. The van der Waals surface area contributed by atoms with Gasteiger partial charge < -0.3 is 8.85 Å². The summed E-state index contributed by atoms with van der Waals surface area (Å²) in [6, 6.07) is 0. The van der Waals surface area contributed by atoms with Crippen molar-refractivity contribution in [2.75, 3.05) is 13.2 Å². The molecule has 0 amide bonds. The topological polar surface area (TPSA) is 18.5 Å². The Morgan fingerprint density at radius 3 is 0.917 bits per heavy atom. The molecule has 0 aliphatic heterocycles. The molecule has 0 rings (SSSR count). The molecule has 24 heavy (non-hydrogen) atoms. The highest BCUT2D eigenvalue weighted by atomic mass is 29.3. The predicted molar refractivity (Wildman–Crippen MR) is 68.9 cm³/mol. The first-order valence-electron chi connectivity index (χ1n) is 6.33. The fourth-order valence-corrected chi connectivity index (χ4v) is 5.35. The number of alkyl halides is 10. The van der Waals surface area contributed by atoms with Crippen LogP contribution in [0.25, 0.3) is 0 Å². The van der Waals surface area contributed by atoms with Crippen molar-refractivity contribution in [1.29, 1.82) is 0 Å². The van der Waals surface area contributed by atoms with Gasteiger partial charge in [-0.15, -0.1) is 0 Å². The van der Waals surface area contributed by atoms with Crippen LogP contribution in [-0.2, 0) is 8.85 Å². The molecule has 146 valence electrons. The van der Waals surface area contributed by atoms with Gasteiger partial charge in [0.25, 0.3) is 0 Å². The van der Waals surface area contributed by atoms with E-state index in [1.54, 1.807) is 0 Å². The van der Waals surface area contributed by atoms with E-state index in [1.165, 1.54) is 0 Å². The maximum absolute atomic E-state index is 12.9. The third-order valence-electron chi connectivity index (χ3n) is 3.51. The summed E-state index contributed by atoms with van der Waals surface area (Å²) < 4.78 is 133. The van der Waals surface area contributed by atoms with Crippen LogP contribution in [0.5, 0.6) is 0 Å². The molecule has 0 aromatic carbocycles. The van der Waals surface area contributed by atoms with Crippen molar-refractivity contribution in [3.8, 4) is 0 Å². The summed E-state index contributed by atoms with van der Waals surface area (Å²) >= 11 is 0. The van der Waals surface area contributed by atoms with Crippen molar-refractivity contribution >= 4 is 15.7 Å². The van der Waals surface area contributed by atoms with Crippen LogP contribution in [0.1, 0.15) is 0 Å². The van der Waals surface area contributed by atoms with Crippen molar-refractivity contribution in [3.63, 3.8) is 0 Å². The summed E-state index contributed by atoms with van der Waals surface area (Å²) in [4.78, 5) is 0. The molecule has 0 aliphatic rings. The Morgan fingerprint density at radius 2 is 0.750 bits per heavy atom. The Hall–Kier alpha value is -0.346. The summed E-state index contributed by atoms with van der Waals surface area (Å²) in [6.07, 6.45) is -11.7. The minimum Gasteiger partial charge on any atom is -0.411 e. The van der Waals surface area contributed by atoms with Crippen molar-refractivity contribution in [1.82, 2.24) is 0 Å². The summed E-state index contributed by atoms with van der Waals surface area (Å²) in [5, 5.41) is 0. The monoisotopic (exact) mass is 414 g/mol. The number of rotatable bonds is 7. The van der Waals surface area contributed by atoms with Gasteiger partial charge in [-0.2, -0.15) is 43.9 Å². The lowest BCUT2D eigenvalue weighted by Gasteiger charge is -2.38. The third kappa shape index (κ3) is 5.59. The third-order valence-corrected chi connectivity index (χ3v) is 17.7. The highest BCUT2D eigenvalue weighted by Gasteiger charge is 2.61. The van der Waals surface area contributed by atoms with Gasteiger partial charge in [0.05, 0.1) is 0 Å². The number of hydrogen-bond donors (Lipinski definition) is 0. The van der Waals surface area contributed by atoms with Crippen LogP contribution in [0.2, 0.25) is 26.2 Å². The lowest BCUT2D eigenvalue weighted by Crippen LogP contribution is -2.62. The van der Waals surface area contributed by atoms with Gasteiger partial charge in [-0.25, -0.2) is 0 Å². The van der Waals surface area contributed by atoms with E-state index >= 15 is 0 Å². The van der Waals surface area contributed by atoms with Gasteiger partial charge in [-0.05, 0) is 26.2 Å². The zero-order valence-electron chi connectivity index (χ0n) is 13.0. The van der Waals surface area contributed by atoms with Crippen molar-refractivity contribution in [3.05, 3.63) is 0 Å². The first-order chi connectivity index (χ1) is 10.2. The Bertz CT molecular complexity index is 390. The average molecular weight is 414 g/mol. The smallest absolute Gasteiger partial charge is 0.411 e. The van der Waals surface area contributed by atoms with E-state index in [9.17, 15) is 43.9 Å². The molecule has 0 aromatic rings. The van der Waals surface area contributed by atoms with Crippen LogP contribution in [0.3, 0.4) is 0 Å². The number of hydrogen-bond acceptors (Lipinski definition) is 2. The van der Waals surface area contributed by atoms with Crippen LogP contribution in [0, 0.1) is 0 Å². The Balaban J connectivity index is 5.01. The molecule has 0 atom stereocenters. The molecule has 0 N–H and O–H groups in total. The summed E-state index contributed by atoms with van der Waals surface area (Å²) in [5.74, 6) is -10.3. The Morgan fingerprint density at radius 1 is 0.542 bits per heavy atom. The molecule has 0 heterocycles. The van der Waals surface area contributed by atoms with Crippen LogP contribution in [-0.4, -0.2) is 53.1 Å². The lowest BCUT2D eigenvalue weighted by atomic mass is 10.3. The van der Waals surface area contributed by atoms with Gasteiger partial charge in [0.15, 0.2) is 0 Å². The molecule has 0 unspecified atom stereocenters. The van der Waals surface area contributed by atoms with Crippen molar-refractivity contribution in [2.24, 2.45) is 0 Å². The minimum atomic E-state index is -5.87. The lowest BCUT2D eigenvalue weighted by molar-refractivity contribution is -0.291. The van der Waals surface area contributed by atoms with E-state index in [1.807, 2.05) is 0 Å². The molecule has 0 saturated carbocycles. The Labute approximate surface area is 133 Å². The fraction of sp³-hybridized carbons (Fsp3) is 1.00. The van der Waals surface area contributed by atoms with Crippen LogP contribution in [0.15, 0.2) is 0 Å². The SMILES string of the molecule is C[Si](C)(OCC(F)(F)C(F)(F)F)[Si](C)(C)OCC(F)(F)C(F)(F)F. The highest BCUT2D eigenvalue weighted by Crippen LogP contribution is 2.38. The maximum atomic E-state index is 12.9. The molecular formula is C10H16F10O2Si2. The van der Waals surface area contributed by atoms with Gasteiger partial charge in [-0.3, -0.25) is 0 Å². The van der Waals surface area contributed by atoms with E-state index in [-0.39, 0.29) is 0 Å². The van der Waals surface area contributed by atoms with E-state index in [2.05, 4.69) is 8.85 Å². The summed E-state index contributed by atoms with van der Waals surface area (Å²) in [6.45, 7) is 0.389. The fourth-order valence-electron chi connectivity index (χ4n) is 1.05. The van der Waals surface area contributed by atoms with E-state index < -0.39 is 53.1 Å². The molecule has 14 heteroatoms. The van der Waals surface area contributed by atoms with E-state index in [4.69, 9.17) is 0 Å². The standard InChI is InChI=1S/C10H16F10O2Si2/c1-23(2,21-5-7(11,12)9(15,16)17)24(3,4)22-6-8(13,14)10(18,19)20/h5-6H2,1-4H3. The zero-order valence-corrected chi connectivity index (χ0v) is 15.0. The maximum Gasteiger partial charge on any atom is 0.455 e. The Kier molecular flexibility index (Phi) is 6.66. The van der Waals surface area contributed by atoms with Gasteiger partial charge in [0.1, 0.15) is 13.2 Å². The van der Waals surface area contributed by atoms with Crippen LogP contribution in [0.4, 0.5) is 43.9 Å². The second-order valence-corrected chi connectivity index (χ2v) is 19.8. The first kappa shape index (κ1) is 23.7. The molecule has 0 bridgehead atoms. The largest absolute Gasteiger partial charge is 0.455 e. The van der Waals surface area contributed by atoms with Crippen molar-refractivity contribution < 1.29 is 52.8 Å². The molecule has 0 saturated heterocycles. The predicted octanol–water partition coefficient (Wildman–Crippen LogP) is 4.90. The van der Waals surface area contributed by atoms with Gasteiger partial charge >= 0.3 is 24.2 Å². The first-order valence-corrected chi connectivity index (χ1v) is 13.1. The van der Waals surface area contributed by atoms with Gasteiger partial charge in [0, 0.05) is 0 Å². The average Bonchev–Trinajstić information content (AvgIpc) is 2.31. The van der Waals surface area contributed by atoms with Crippen molar-refractivity contribution in [2.45, 2.75) is 50.4 Å². The molecule has 0 fully saturated rings.